The molecule has 0 unspecified atom stereocenters. The maximum Gasteiger partial charge on any atom is 0.328 e. The molecule has 0 saturated heterocycles. The van der Waals surface area contributed by atoms with Crippen LogP contribution in [0.15, 0.2) is 24.4 Å². The molecule has 0 atom stereocenters. The zero-order valence-electron chi connectivity index (χ0n) is 12.7. The summed E-state index contributed by atoms with van der Waals surface area (Å²) in [6.45, 7) is 8.52. The van der Waals surface area contributed by atoms with Gasteiger partial charge in [0.2, 0.25) is 0 Å². The van der Waals surface area contributed by atoms with Gasteiger partial charge in [-0.1, -0.05) is 33.8 Å². The molecule has 1 amide bonds. The monoisotopic (exact) mass is 288 g/mol. The highest BCUT2D eigenvalue weighted by atomic mass is 16.4. The van der Waals surface area contributed by atoms with E-state index in [0.717, 1.165) is 6.08 Å². The maximum atomic E-state index is 12.2. The van der Waals surface area contributed by atoms with Gasteiger partial charge in [0.05, 0.1) is 0 Å². The summed E-state index contributed by atoms with van der Waals surface area (Å²) in [6.07, 6.45) is 3.95. The van der Waals surface area contributed by atoms with Crippen LogP contribution in [0.25, 0.3) is 6.08 Å². The largest absolute Gasteiger partial charge is 0.478 e. The number of amides is 1. The van der Waals surface area contributed by atoms with Crippen LogP contribution < -0.4 is 5.32 Å². The van der Waals surface area contributed by atoms with E-state index in [9.17, 15) is 9.59 Å². The molecule has 1 aliphatic carbocycles. The molecule has 1 fully saturated rings. The predicted molar refractivity (Wildman–Crippen MR) is 79.7 cm³/mol. The molecule has 0 aromatic carbocycles. The van der Waals surface area contributed by atoms with Crippen LogP contribution in [-0.2, 0) is 4.79 Å². The summed E-state index contributed by atoms with van der Waals surface area (Å²) in [5.74, 6) is -1.22. The van der Waals surface area contributed by atoms with Crippen molar-refractivity contribution < 1.29 is 14.7 Å². The first-order valence-corrected chi connectivity index (χ1v) is 6.84. The number of aromatic nitrogens is 1. The molecule has 21 heavy (non-hydrogen) atoms. The Hall–Kier alpha value is -2.17. The first-order valence-electron chi connectivity index (χ1n) is 6.84. The fraction of sp³-hybridized carbons (Fsp3) is 0.438. The van der Waals surface area contributed by atoms with Gasteiger partial charge in [-0.2, -0.15) is 0 Å². The van der Waals surface area contributed by atoms with Crippen LogP contribution in [0.1, 0.15) is 43.7 Å². The molecule has 1 saturated carbocycles. The van der Waals surface area contributed by atoms with Gasteiger partial charge in [-0.05, 0) is 28.5 Å². The van der Waals surface area contributed by atoms with Gasteiger partial charge in [-0.25, -0.2) is 4.79 Å². The molecule has 0 radical (unpaired) electrons. The van der Waals surface area contributed by atoms with Gasteiger partial charge >= 0.3 is 5.97 Å². The fourth-order valence-corrected chi connectivity index (χ4v) is 2.57. The molecule has 0 bridgehead atoms. The van der Waals surface area contributed by atoms with Crippen LogP contribution in [0, 0.1) is 10.8 Å². The molecular formula is C16H20N2O3. The molecule has 5 heteroatoms. The van der Waals surface area contributed by atoms with E-state index in [2.05, 4.69) is 38.0 Å². The number of hydrogen-bond donors (Lipinski definition) is 2. The van der Waals surface area contributed by atoms with Crippen molar-refractivity contribution in [2.24, 2.45) is 10.8 Å². The lowest BCUT2D eigenvalue weighted by Gasteiger charge is -2.06. The summed E-state index contributed by atoms with van der Waals surface area (Å²) in [5, 5.41) is 11.6. The van der Waals surface area contributed by atoms with Crippen molar-refractivity contribution in [3.05, 3.63) is 35.7 Å². The molecule has 0 spiro atoms. The van der Waals surface area contributed by atoms with Crippen LogP contribution in [0.5, 0.6) is 0 Å². The van der Waals surface area contributed by atoms with Crippen molar-refractivity contribution in [3.63, 3.8) is 0 Å². The number of nitrogens with zero attached hydrogens (tertiary/aromatic N) is 1. The molecular weight excluding hydrogens is 268 g/mol. The molecule has 1 aromatic rings. The third kappa shape index (κ3) is 2.82. The summed E-state index contributed by atoms with van der Waals surface area (Å²) in [4.78, 5) is 26.7. The third-order valence-corrected chi connectivity index (χ3v) is 4.73. The zero-order valence-corrected chi connectivity index (χ0v) is 12.7. The number of carboxylic acid groups (broad SMARTS) is 1. The minimum atomic E-state index is -1.02. The lowest BCUT2D eigenvalue weighted by molar-refractivity contribution is -0.131. The molecule has 2 rings (SSSR count). The number of carbonyl (C=O) groups excluding carboxylic acids is 1. The molecule has 2 N–H and O–H groups in total. The third-order valence-electron chi connectivity index (χ3n) is 4.73. The Bertz CT molecular complexity index is 586. The number of carboxylic acids is 1. The number of hydrogen-bond acceptors (Lipinski definition) is 3. The second-order valence-corrected chi connectivity index (χ2v) is 6.50. The average Bonchev–Trinajstić information content (AvgIpc) is 2.79. The van der Waals surface area contributed by atoms with E-state index in [1.807, 2.05) is 0 Å². The van der Waals surface area contributed by atoms with Gasteiger partial charge in [-0.3, -0.25) is 9.78 Å². The number of pyridine rings is 1. The first-order chi connectivity index (χ1) is 9.66. The molecule has 0 aliphatic heterocycles. The molecule has 112 valence electrons. The quantitative estimate of drug-likeness (QED) is 0.833. The molecule has 5 nitrogen and oxygen atoms in total. The summed E-state index contributed by atoms with van der Waals surface area (Å²) in [6, 6.07) is 3.40. The standard InChI is InChI=1S/C16H20N2O3/c1-15(2)14(16(15,3)4)18-13(21)11-7-5-10(9-17-11)6-8-12(19)20/h5-9,14H,1-4H3,(H,18,21)(H,19,20). The number of carbonyl (C=O) groups is 2. The highest BCUT2D eigenvalue weighted by Gasteiger charge is 2.65. The molecule has 1 heterocycles. The van der Waals surface area contributed by atoms with Gasteiger partial charge in [0.25, 0.3) is 5.91 Å². The average molecular weight is 288 g/mol. The van der Waals surface area contributed by atoms with Gasteiger partial charge in [-0.15, -0.1) is 0 Å². The number of nitrogens with one attached hydrogen (secondary N) is 1. The van der Waals surface area contributed by atoms with Gasteiger partial charge in [0, 0.05) is 18.3 Å². The second kappa shape index (κ2) is 4.98. The SMILES string of the molecule is CC1(C)C(NC(=O)c2ccc(C=CC(=O)O)cn2)C1(C)C. The van der Waals surface area contributed by atoms with Crippen molar-refractivity contribution in [1.82, 2.24) is 10.3 Å². The lowest BCUT2D eigenvalue weighted by atomic mass is 10.0. The Morgan fingerprint density at radius 2 is 1.86 bits per heavy atom. The van der Waals surface area contributed by atoms with E-state index >= 15 is 0 Å². The lowest BCUT2D eigenvalue weighted by Crippen LogP contribution is -2.30. The zero-order chi connectivity index (χ0) is 15.8. The van der Waals surface area contributed by atoms with Crippen molar-refractivity contribution in [2.45, 2.75) is 33.7 Å². The topological polar surface area (TPSA) is 79.3 Å². The van der Waals surface area contributed by atoms with E-state index in [-0.39, 0.29) is 22.8 Å². The van der Waals surface area contributed by atoms with E-state index < -0.39 is 5.97 Å². The van der Waals surface area contributed by atoms with Gasteiger partial charge < -0.3 is 10.4 Å². The summed E-state index contributed by atoms with van der Waals surface area (Å²) < 4.78 is 0. The van der Waals surface area contributed by atoms with E-state index in [4.69, 9.17) is 5.11 Å². The molecule has 1 aromatic heterocycles. The van der Waals surface area contributed by atoms with Crippen LogP contribution >= 0.6 is 0 Å². The fourth-order valence-electron chi connectivity index (χ4n) is 2.57. The van der Waals surface area contributed by atoms with Gasteiger partial charge in [0.15, 0.2) is 0 Å². The smallest absolute Gasteiger partial charge is 0.328 e. The number of aliphatic carboxylic acids is 1. The van der Waals surface area contributed by atoms with E-state index in [1.54, 1.807) is 12.1 Å². The van der Waals surface area contributed by atoms with Crippen molar-refractivity contribution in [1.29, 1.82) is 0 Å². The Morgan fingerprint density at radius 3 is 2.29 bits per heavy atom. The first kappa shape index (κ1) is 15.2. The highest BCUT2D eigenvalue weighted by Crippen LogP contribution is 2.62. The highest BCUT2D eigenvalue weighted by molar-refractivity contribution is 5.93. The second-order valence-electron chi connectivity index (χ2n) is 6.50. The normalized spacial score (nSPS) is 19.4. The van der Waals surface area contributed by atoms with Crippen LogP contribution in [-0.4, -0.2) is 28.0 Å². The maximum absolute atomic E-state index is 12.2. The Balaban J connectivity index is 2.03. The minimum absolute atomic E-state index is 0.0762. The number of rotatable bonds is 4. The van der Waals surface area contributed by atoms with Crippen molar-refractivity contribution >= 4 is 18.0 Å². The van der Waals surface area contributed by atoms with Crippen molar-refractivity contribution in [3.8, 4) is 0 Å². The predicted octanol–water partition coefficient (Wildman–Crippen LogP) is 2.34. The van der Waals surface area contributed by atoms with Gasteiger partial charge in [0.1, 0.15) is 5.69 Å². The Labute approximate surface area is 124 Å². The van der Waals surface area contributed by atoms with E-state index in [0.29, 0.717) is 11.3 Å². The van der Waals surface area contributed by atoms with Crippen LogP contribution in [0.4, 0.5) is 0 Å². The molecule has 1 aliphatic rings. The Morgan fingerprint density at radius 1 is 1.24 bits per heavy atom. The van der Waals surface area contributed by atoms with Crippen LogP contribution in [0.2, 0.25) is 0 Å². The summed E-state index contributed by atoms with van der Waals surface area (Å²) >= 11 is 0. The Kier molecular flexibility index (Phi) is 3.61. The van der Waals surface area contributed by atoms with Crippen LogP contribution in [0.3, 0.4) is 0 Å². The van der Waals surface area contributed by atoms with Crippen molar-refractivity contribution in [2.75, 3.05) is 0 Å². The van der Waals surface area contributed by atoms with E-state index in [1.165, 1.54) is 12.3 Å². The minimum Gasteiger partial charge on any atom is -0.478 e. The summed E-state index contributed by atoms with van der Waals surface area (Å²) in [5.41, 5.74) is 1.13. The summed E-state index contributed by atoms with van der Waals surface area (Å²) in [7, 11) is 0.